The standard InChI is InChI=1S/C8H8INO2.CO2/c1-5-3-6(9)4-7(10-5)8(11)12-2;2-1-3/h3-4H,1-2H3;. The van der Waals surface area contributed by atoms with Crippen LogP contribution in [0.25, 0.3) is 0 Å². The largest absolute Gasteiger partial charge is 0.464 e. The molecule has 6 heteroatoms. The lowest BCUT2D eigenvalue weighted by atomic mass is 10.3. The normalized spacial score (nSPS) is 8.20. The monoisotopic (exact) mass is 321 g/mol. The average Bonchev–Trinajstić information content (AvgIpc) is 2.16. The fourth-order valence-corrected chi connectivity index (χ4v) is 1.58. The van der Waals surface area contributed by atoms with Gasteiger partial charge in [0.05, 0.1) is 7.11 Å². The van der Waals surface area contributed by atoms with Crippen LogP contribution in [-0.4, -0.2) is 24.2 Å². The van der Waals surface area contributed by atoms with E-state index in [0.717, 1.165) is 9.26 Å². The van der Waals surface area contributed by atoms with Gasteiger partial charge in [-0.15, -0.1) is 0 Å². The third-order valence-electron chi connectivity index (χ3n) is 1.31. The zero-order chi connectivity index (χ0) is 11.8. The van der Waals surface area contributed by atoms with E-state index in [0.29, 0.717) is 5.69 Å². The van der Waals surface area contributed by atoms with Crippen LogP contribution in [0.5, 0.6) is 0 Å². The van der Waals surface area contributed by atoms with Crippen LogP contribution in [0.4, 0.5) is 0 Å². The van der Waals surface area contributed by atoms with E-state index in [2.05, 4.69) is 32.3 Å². The summed E-state index contributed by atoms with van der Waals surface area (Å²) in [6.45, 7) is 1.84. The molecule has 0 radical (unpaired) electrons. The molecule has 0 aromatic carbocycles. The van der Waals surface area contributed by atoms with Crippen molar-refractivity contribution >= 4 is 34.7 Å². The topological polar surface area (TPSA) is 73.3 Å². The maximum absolute atomic E-state index is 11.0. The molecule has 1 aromatic heterocycles. The van der Waals surface area contributed by atoms with Crippen molar-refractivity contribution in [2.45, 2.75) is 6.92 Å². The lowest BCUT2D eigenvalue weighted by Crippen LogP contribution is -2.05. The van der Waals surface area contributed by atoms with Crippen molar-refractivity contribution in [1.82, 2.24) is 4.98 Å². The SMILES string of the molecule is COC(=O)c1cc(I)cc(C)n1.O=C=O. The van der Waals surface area contributed by atoms with E-state index in [1.165, 1.54) is 7.11 Å². The first-order valence-corrected chi connectivity index (χ1v) is 4.84. The summed E-state index contributed by atoms with van der Waals surface area (Å²) in [6, 6.07) is 3.59. The quantitative estimate of drug-likeness (QED) is 0.574. The Labute approximate surface area is 100.0 Å². The van der Waals surface area contributed by atoms with E-state index in [1.54, 1.807) is 6.07 Å². The fraction of sp³-hybridized carbons (Fsp3) is 0.222. The van der Waals surface area contributed by atoms with Crippen molar-refractivity contribution < 1.29 is 19.1 Å². The lowest BCUT2D eigenvalue weighted by Gasteiger charge is -2.00. The molecule has 0 bridgehead atoms. The first-order valence-electron chi connectivity index (χ1n) is 3.77. The highest BCUT2D eigenvalue weighted by Crippen LogP contribution is 2.08. The second-order valence-electron chi connectivity index (χ2n) is 2.39. The molecule has 0 aliphatic carbocycles. The molecule has 1 heterocycles. The predicted molar refractivity (Wildman–Crippen MR) is 58.0 cm³/mol. The molecule has 15 heavy (non-hydrogen) atoms. The van der Waals surface area contributed by atoms with Gasteiger partial charge in [0, 0.05) is 9.26 Å². The minimum absolute atomic E-state index is 0.250. The molecular formula is C9H8INO4. The Hall–Kier alpha value is -1.27. The fourth-order valence-electron chi connectivity index (χ4n) is 0.836. The molecule has 1 rings (SSSR count). The van der Waals surface area contributed by atoms with E-state index in [9.17, 15) is 4.79 Å². The molecule has 0 saturated carbocycles. The second kappa shape index (κ2) is 7.08. The molecule has 0 amide bonds. The van der Waals surface area contributed by atoms with E-state index in [-0.39, 0.29) is 6.15 Å². The number of esters is 1. The highest BCUT2D eigenvalue weighted by molar-refractivity contribution is 14.1. The summed E-state index contributed by atoms with van der Waals surface area (Å²) >= 11 is 2.13. The Morgan fingerprint density at radius 1 is 1.47 bits per heavy atom. The molecule has 0 N–H and O–H groups in total. The number of ether oxygens (including phenoxy) is 1. The van der Waals surface area contributed by atoms with Crippen molar-refractivity contribution in [3.8, 4) is 0 Å². The number of carbonyl (C=O) groups excluding carboxylic acids is 3. The number of hydrogen-bond acceptors (Lipinski definition) is 5. The maximum Gasteiger partial charge on any atom is 0.373 e. The van der Waals surface area contributed by atoms with Gasteiger partial charge in [0.1, 0.15) is 5.69 Å². The number of halogens is 1. The number of aromatic nitrogens is 1. The second-order valence-corrected chi connectivity index (χ2v) is 3.63. The van der Waals surface area contributed by atoms with E-state index < -0.39 is 5.97 Å². The van der Waals surface area contributed by atoms with Crippen LogP contribution in [0.2, 0.25) is 0 Å². The van der Waals surface area contributed by atoms with Gasteiger partial charge in [0.25, 0.3) is 0 Å². The minimum Gasteiger partial charge on any atom is -0.464 e. The van der Waals surface area contributed by atoms with Gasteiger partial charge in [-0.3, -0.25) is 0 Å². The van der Waals surface area contributed by atoms with Crippen molar-refractivity contribution in [3.63, 3.8) is 0 Å². The zero-order valence-electron chi connectivity index (χ0n) is 8.11. The van der Waals surface area contributed by atoms with Crippen LogP contribution in [0.3, 0.4) is 0 Å². The van der Waals surface area contributed by atoms with Crippen LogP contribution in [0.1, 0.15) is 16.2 Å². The Kier molecular flexibility index (Phi) is 6.48. The smallest absolute Gasteiger partial charge is 0.373 e. The molecular weight excluding hydrogens is 313 g/mol. The van der Waals surface area contributed by atoms with Crippen molar-refractivity contribution in [1.29, 1.82) is 0 Å². The molecule has 0 aliphatic heterocycles. The Bertz CT molecular complexity index is 365. The van der Waals surface area contributed by atoms with Crippen LogP contribution in [-0.2, 0) is 14.3 Å². The summed E-state index contributed by atoms with van der Waals surface area (Å²) in [6.07, 6.45) is 0.250. The molecule has 0 fully saturated rings. The van der Waals surface area contributed by atoms with Gasteiger partial charge in [0.15, 0.2) is 0 Å². The van der Waals surface area contributed by atoms with Gasteiger partial charge in [0.2, 0.25) is 0 Å². The molecule has 1 aromatic rings. The van der Waals surface area contributed by atoms with Crippen LogP contribution in [0, 0.1) is 10.5 Å². The Balaban J connectivity index is 0.000000583. The predicted octanol–water partition coefficient (Wildman–Crippen LogP) is 1.20. The molecule has 0 atom stereocenters. The summed E-state index contributed by atoms with van der Waals surface area (Å²) < 4.78 is 5.53. The average molecular weight is 321 g/mol. The number of rotatable bonds is 1. The van der Waals surface area contributed by atoms with Gasteiger partial charge in [-0.25, -0.2) is 9.78 Å². The number of methoxy groups -OCH3 is 1. The Morgan fingerprint density at radius 3 is 2.40 bits per heavy atom. The summed E-state index contributed by atoms with van der Waals surface area (Å²) in [4.78, 5) is 31.3. The summed E-state index contributed by atoms with van der Waals surface area (Å²) in [7, 11) is 1.35. The summed E-state index contributed by atoms with van der Waals surface area (Å²) in [5.74, 6) is -0.392. The maximum atomic E-state index is 11.0. The molecule has 0 aliphatic rings. The van der Waals surface area contributed by atoms with Crippen molar-refractivity contribution in [2.24, 2.45) is 0 Å². The number of carbonyl (C=O) groups is 1. The van der Waals surface area contributed by atoms with Gasteiger partial charge in [-0.05, 0) is 41.6 Å². The van der Waals surface area contributed by atoms with Crippen molar-refractivity contribution in [3.05, 3.63) is 27.1 Å². The van der Waals surface area contributed by atoms with Gasteiger partial charge in [-0.2, -0.15) is 9.59 Å². The number of nitrogens with zero attached hydrogens (tertiary/aromatic N) is 1. The van der Waals surface area contributed by atoms with Crippen LogP contribution < -0.4 is 0 Å². The Morgan fingerprint density at radius 2 is 2.00 bits per heavy atom. The molecule has 80 valence electrons. The summed E-state index contributed by atoms with van der Waals surface area (Å²) in [5, 5.41) is 0. The molecule has 0 unspecified atom stereocenters. The molecule has 5 nitrogen and oxygen atoms in total. The highest BCUT2D eigenvalue weighted by Gasteiger charge is 2.07. The van der Waals surface area contributed by atoms with Crippen molar-refractivity contribution in [2.75, 3.05) is 7.11 Å². The number of aryl methyl sites for hydroxylation is 1. The minimum atomic E-state index is -0.392. The first-order chi connectivity index (χ1) is 7.04. The zero-order valence-corrected chi connectivity index (χ0v) is 10.3. The molecule has 0 saturated heterocycles. The first kappa shape index (κ1) is 13.7. The lowest BCUT2D eigenvalue weighted by molar-refractivity contribution is -0.191. The van der Waals surface area contributed by atoms with Gasteiger partial charge in [-0.1, -0.05) is 0 Å². The third kappa shape index (κ3) is 5.24. The molecule has 0 spiro atoms. The number of pyridine rings is 1. The van der Waals surface area contributed by atoms with Crippen LogP contribution in [0.15, 0.2) is 12.1 Å². The number of hydrogen-bond donors (Lipinski definition) is 0. The van der Waals surface area contributed by atoms with E-state index in [1.807, 2.05) is 13.0 Å². The van der Waals surface area contributed by atoms with E-state index in [4.69, 9.17) is 9.59 Å². The third-order valence-corrected chi connectivity index (χ3v) is 1.94. The van der Waals surface area contributed by atoms with Crippen LogP contribution >= 0.6 is 22.6 Å². The van der Waals surface area contributed by atoms with Gasteiger partial charge < -0.3 is 4.74 Å². The summed E-state index contributed by atoms with van der Waals surface area (Å²) in [5.41, 5.74) is 1.18. The highest BCUT2D eigenvalue weighted by atomic mass is 127. The van der Waals surface area contributed by atoms with E-state index >= 15 is 0 Å². The van der Waals surface area contributed by atoms with Gasteiger partial charge >= 0.3 is 12.1 Å².